The van der Waals surface area contributed by atoms with Gasteiger partial charge in [-0.05, 0) is 37.6 Å². The molecule has 0 spiro atoms. The van der Waals surface area contributed by atoms with Gasteiger partial charge in [-0.25, -0.2) is 0 Å². The predicted octanol–water partition coefficient (Wildman–Crippen LogP) is 4.02. The van der Waals surface area contributed by atoms with E-state index in [9.17, 15) is 0 Å². The van der Waals surface area contributed by atoms with E-state index in [1.165, 1.54) is 0 Å². The van der Waals surface area contributed by atoms with Gasteiger partial charge in [0.05, 0.1) is 16.4 Å². The topological polar surface area (TPSA) is 29.9 Å². The van der Waals surface area contributed by atoms with Gasteiger partial charge in [-0.15, -0.1) is 0 Å². The van der Waals surface area contributed by atoms with Crippen molar-refractivity contribution in [2.45, 2.75) is 19.9 Å². The number of nitrogens with zero attached hydrogens (tertiary/aromatic N) is 2. The maximum atomic E-state index is 6.19. The minimum absolute atomic E-state index is 0.656. The van der Waals surface area contributed by atoms with Crippen molar-refractivity contribution in [1.82, 2.24) is 15.1 Å². The molecule has 0 saturated carbocycles. The first-order valence-corrected chi connectivity index (χ1v) is 7.45. The highest BCUT2D eigenvalue weighted by Gasteiger charge is 2.10. The third-order valence-corrected chi connectivity index (χ3v) is 4.22. The highest BCUT2D eigenvalue weighted by atomic mass is 35.5. The van der Waals surface area contributed by atoms with Crippen LogP contribution in [0.5, 0.6) is 0 Å². The van der Waals surface area contributed by atoms with Crippen molar-refractivity contribution < 1.29 is 0 Å². The molecule has 1 aromatic heterocycles. The molecule has 0 atom stereocenters. The van der Waals surface area contributed by atoms with Crippen molar-refractivity contribution in [3.8, 4) is 0 Å². The van der Waals surface area contributed by atoms with Crippen LogP contribution in [0.2, 0.25) is 15.1 Å². The second-order valence-electron chi connectivity index (χ2n) is 4.63. The van der Waals surface area contributed by atoms with Crippen molar-refractivity contribution in [2.75, 3.05) is 6.54 Å². The Morgan fingerprint density at radius 2 is 2.00 bits per heavy atom. The Kier molecular flexibility index (Phi) is 5.33. The highest BCUT2D eigenvalue weighted by Crippen LogP contribution is 2.21. The standard InChI is InChI=1S/C14H16Cl3N3/c1-9-14(17)13(20(2)19-9)8-18-6-5-10-3-4-11(15)7-12(10)16/h3-4,7,18H,5-6,8H2,1-2H3. The number of aromatic nitrogens is 2. The summed E-state index contributed by atoms with van der Waals surface area (Å²) >= 11 is 18.2. The number of nitrogens with one attached hydrogen (secondary N) is 1. The maximum absolute atomic E-state index is 6.19. The average Bonchev–Trinajstić information content (AvgIpc) is 2.62. The quantitative estimate of drug-likeness (QED) is 0.838. The summed E-state index contributed by atoms with van der Waals surface area (Å²) in [4.78, 5) is 0. The van der Waals surface area contributed by atoms with Crippen LogP contribution in [0.4, 0.5) is 0 Å². The Balaban J connectivity index is 1.87. The average molecular weight is 333 g/mol. The Morgan fingerprint density at radius 1 is 1.25 bits per heavy atom. The Bertz CT molecular complexity index is 608. The summed E-state index contributed by atoms with van der Waals surface area (Å²) in [5.41, 5.74) is 2.92. The van der Waals surface area contributed by atoms with Gasteiger partial charge >= 0.3 is 0 Å². The van der Waals surface area contributed by atoms with E-state index < -0.39 is 0 Å². The Hall–Kier alpha value is -0.740. The van der Waals surface area contributed by atoms with E-state index in [1.54, 1.807) is 10.7 Å². The van der Waals surface area contributed by atoms with Gasteiger partial charge in [0.25, 0.3) is 0 Å². The molecule has 0 aliphatic rings. The third-order valence-electron chi connectivity index (χ3n) is 3.14. The normalized spacial score (nSPS) is 11.1. The van der Waals surface area contributed by atoms with Crippen LogP contribution in [-0.4, -0.2) is 16.3 Å². The highest BCUT2D eigenvalue weighted by molar-refractivity contribution is 6.35. The smallest absolute Gasteiger partial charge is 0.0860 e. The van der Waals surface area contributed by atoms with Crippen LogP contribution in [0.15, 0.2) is 18.2 Å². The first-order valence-electron chi connectivity index (χ1n) is 6.31. The molecule has 0 saturated heterocycles. The molecule has 2 rings (SSSR count). The molecular weight excluding hydrogens is 317 g/mol. The van der Waals surface area contributed by atoms with Gasteiger partial charge < -0.3 is 5.32 Å². The molecule has 108 valence electrons. The zero-order valence-corrected chi connectivity index (χ0v) is 13.6. The van der Waals surface area contributed by atoms with E-state index >= 15 is 0 Å². The van der Waals surface area contributed by atoms with Gasteiger partial charge in [0.2, 0.25) is 0 Å². The summed E-state index contributed by atoms with van der Waals surface area (Å²) < 4.78 is 1.81. The van der Waals surface area contributed by atoms with E-state index in [0.717, 1.165) is 34.9 Å². The fourth-order valence-electron chi connectivity index (χ4n) is 2.03. The van der Waals surface area contributed by atoms with Crippen molar-refractivity contribution in [3.63, 3.8) is 0 Å². The molecule has 0 radical (unpaired) electrons. The summed E-state index contributed by atoms with van der Waals surface area (Å²) in [6.45, 7) is 3.39. The third kappa shape index (κ3) is 3.67. The van der Waals surface area contributed by atoms with Crippen LogP contribution in [-0.2, 0) is 20.0 Å². The van der Waals surface area contributed by atoms with Crippen LogP contribution in [0.3, 0.4) is 0 Å². The van der Waals surface area contributed by atoms with Gasteiger partial charge in [-0.3, -0.25) is 4.68 Å². The first kappa shape index (κ1) is 15.6. The first-order chi connectivity index (χ1) is 9.49. The van der Waals surface area contributed by atoms with Crippen molar-refractivity contribution in [3.05, 3.63) is 50.2 Å². The monoisotopic (exact) mass is 331 g/mol. The molecule has 1 aromatic carbocycles. The molecule has 3 nitrogen and oxygen atoms in total. The molecule has 0 bridgehead atoms. The summed E-state index contributed by atoms with van der Waals surface area (Å²) in [6, 6.07) is 5.57. The lowest BCUT2D eigenvalue weighted by Crippen LogP contribution is -2.19. The fourth-order valence-corrected chi connectivity index (χ4v) is 2.76. The molecular formula is C14H16Cl3N3. The van der Waals surface area contributed by atoms with Crippen LogP contribution in [0.25, 0.3) is 0 Å². The van der Waals surface area contributed by atoms with Gasteiger partial charge in [-0.2, -0.15) is 5.10 Å². The maximum Gasteiger partial charge on any atom is 0.0860 e. The summed E-state index contributed by atoms with van der Waals surface area (Å²) in [7, 11) is 1.89. The van der Waals surface area contributed by atoms with E-state index in [2.05, 4.69) is 10.4 Å². The molecule has 0 aliphatic heterocycles. The minimum Gasteiger partial charge on any atom is -0.311 e. The second-order valence-corrected chi connectivity index (χ2v) is 5.85. The number of rotatable bonds is 5. The molecule has 0 unspecified atom stereocenters. The molecule has 0 aliphatic carbocycles. The van der Waals surface area contributed by atoms with E-state index in [0.29, 0.717) is 16.6 Å². The predicted molar refractivity (Wildman–Crippen MR) is 84.8 cm³/mol. The van der Waals surface area contributed by atoms with Crippen molar-refractivity contribution in [1.29, 1.82) is 0 Å². The van der Waals surface area contributed by atoms with Gasteiger partial charge in [0.1, 0.15) is 0 Å². The molecule has 2 aromatic rings. The second kappa shape index (κ2) is 6.81. The number of aryl methyl sites for hydroxylation is 2. The number of benzene rings is 1. The molecule has 6 heteroatoms. The lowest BCUT2D eigenvalue weighted by molar-refractivity contribution is 0.624. The number of halogens is 3. The van der Waals surface area contributed by atoms with Crippen LogP contribution >= 0.6 is 34.8 Å². The molecule has 0 fully saturated rings. The van der Waals surface area contributed by atoms with E-state index in [1.807, 2.05) is 26.1 Å². The molecule has 0 amide bonds. The minimum atomic E-state index is 0.656. The molecule has 1 N–H and O–H groups in total. The van der Waals surface area contributed by atoms with E-state index in [-0.39, 0.29) is 0 Å². The summed E-state index contributed by atoms with van der Waals surface area (Å²) in [5, 5.41) is 9.72. The van der Waals surface area contributed by atoms with Crippen LogP contribution in [0.1, 0.15) is 17.0 Å². The zero-order chi connectivity index (χ0) is 14.7. The lowest BCUT2D eigenvalue weighted by Gasteiger charge is -2.07. The van der Waals surface area contributed by atoms with Gasteiger partial charge in [-0.1, -0.05) is 40.9 Å². The Labute approximate surface area is 133 Å². The SMILES string of the molecule is Cc1nn(C)c(CNCCc2ccc(Cl)cc2Cl)c1Cl. The zero-order valence-electron chi connectivity index (χ0n) is 11.4. The van der Waals surface area contributed by atoms with Gasteiger partial charge in [0.15, 0.2) is 0 Å². The fraction of sp³-hybridized carbons (Fsp3) is 0.357. The lowest BCUT2D eigenvalue weighted by atomic mass is 10.1. The van der Waals surface area contributed by atoms with Gasteiger partial charge in [0, 0.05) is 23.6 Å². The number of hydrogen-bond acceptors (Lipinski definition) is 2. The summed E-state index contributed by atoms with van der Waals surface area (Å²) in [5.74, 6) is 0. The molecule has 1 heterocycles. The number of hydrogen-bond donors (Lipinski definition) is 1. The van der Waals surface area contributed by atoms with Crippen molar-refractivity contribution in [2.24, 2.45) is 7.05 Å². The van der Waals surface area contributed by atoms with Crippen LogP contribution < -0.4 is 5.32 Å². The van der Waals surface area contributed by atoms with E-state index in [4.69, 9.17) is 34.8 Å². The summed E-state index contributed by atoms with van der Waals surface area (Å²) in [6.07, 6.45) is 0.838. The van der Waals surface area contributed by atoms with Crippen molar-refractivity contribution >= 4 is 34.8 Å². The molecule has 20 heavy (non-hydrogen) atoms. The Morgan fingerprint density at radius 3 is 2.60 bits per heavy atom. The largest absolute Gasteiger partial charge is 0.311 e. The van der Waals surface area contributed by atoms with Crippen LogP contribution in [0, 0.1) is 6.92 Å².